The van der Waals surface area contributed by atoms with Crippen LogP contribution in [-0.2, 0) is 71.1 Å². The molecule has 21 heterocycles. The van der Waals surface area contributed by atoms with Crippen molar-refractivity contribution in [3.05, 3.63) is 0 Å². The van der Waals surface area contributed by atoms with Crippen LogP contribution >= 0.6 is 0 Å². The Balaban J connectivity index is 1.09. The third-order valence-electron chi connectivity index (χ3n) is 15.2. The number of ether oxygens (including phenoxy) is 14. The highest BCUT2D eigenvalue weighted by Crippen LogP contribution is 2.39. The number of carboxylic acids is 1. The van der Waals surface area contributed by atoms with Crippen LogP contribution in [0, 0.1) is 0 Å². The van der Waals surface area contributed by atoms with Crippen LogP contribution in [0.15, 0.2) is 0 Å². The highest BCUT2D eigenvalue weighted by Gasteiger charge is 2.59. The first kappa shape index (κ1) is 65.1. The lowest BCUT2D eigenvalue weighted by molar-refractivity contribution is -0.396. The monoisotopic (exact) mass is 1190 g/mol. The molecule has 0 radical (unpaired) electrons. The van der Waals surface area contributed by atoms with Crippen molar-refractivity contribution in [1.29, 1.82) is 0 Å². The second-order valence-corrected chi connectivity index (χ2v) is 20.5. The molecule has 0 unspecified atom stereocenters. The molecule has 0 amide bonds. The molecule has 0 aromatic rings. The van der Waals surface area contributed by atoms with Crippen molar-refractivity contribution in [2.45, 2.75) is 215 Å². The molecule has 21 rings (SSSR count). The zero-order valence-electron chi connectivity index (χ0n) is 42.4. The molecule has 0 aromatic heterocycles. The molecule has 21 aliphatic heterocycles. The van der Waals surface area contributed by atoms with Crippen LogP contribution in [0.25, 0.3) is 0 Å². The van der Waals surface area contributed by atoms with E-state index in [1.807, 2.05) is 0 Å². The molecule has 0 spiro atoms. The summed E-state index contributed by atoms with van der Waals surface area (Å²) >= 11 is 0. The lowest BCUT2D eigenvalue weighted by Gasteiger charge is -2.50. The lowest BCUT2D eigenvalue weighted by Crippen LogP contribution is -2.68. The highest BCUT2D eigenvalue weighted by atomic mass is 16.8. The number of aliphatic hydroxyl groups is 20. The largest absolute Gasteiger partial charge is 0.480 e. The van der Waals surface area contributed by atoms with Gasteiger partial charge in [-0.2, -0.15) is 0 Å². The van der Waals surface area contributed by atoms with Crippen LogP contribution < -0.4 is 5.32 Å². The normalized spacial score (nSPS) is 53.2. The number of aliphatic hydroxyl groups excluding tert-OH is 20. The zero-order valence-corrected chi connectivity index (χ0v) is 42.4. The molecule has 22 N–H and O–H groups in total. The number of carboxylic acid groups (broad SMARTS) is 1. The van der Waals surface area contributed by atoms with E-state index in [-0.39, 0.29) is 0 Å². The van der Waals surface area contributed by atoms with E-state index in [0.717, 1.165) is 0 Å². The average Bonchev–Trinajstić information content (AvgIpc) is 3.45. The molecule has 0 saturated carbocycles. The predicted octanol–water partition coefficient (Wildman–Crippen LogP) is -15.5. The van der Waals surface area contributed by atoms with E-state index < -0.39 is 274 Å². The number of hydrogen-bond acceptors (Lipinski definition) is 36. The Morgan fingerprint density at radius 3 is 0.580 bits per heavy atom. The molecule has 0 aliphatic carbocycles. The molecule has 470 valence electrons. The van der Waals surface area contributed by atoms with Crippen LogP contribution in [0.5, 0.6) is 0 Å². The number of nitrogens with one attached hydrogen (secondary N) is 1. The van der Waals surface area contributed by atoms with Gasteiger partial charge in [0.25, 0.3) is 0 Å². The SMILES string of the molecule is O=C(O)CNC[C@H]1O[C@@H]2O[C@H]3[C@H](O)[C@@H](O)[C@@H](O[C@H]4[C@H](O)[C@@H](O)[C@@H](O[C@H]5[C@H](O)[C@@H](O)[C@@H](O[C@H]6[C@H](O)[C@@H](O)[C@@H](O[C@H]7[C@H](O)[C@@H](O)[C@@H](O[C@H]8[C@H](O)[C@@H](O)[C@@H](O[C@H]1[C@H](O)[C@H]2O)O[C@@H]8CO)O[C@@H]7CO)O[C@@H]6CO)O[C@@H]5CO)O[C@@H]4CO)O[C@@H]3CO. The van der Waals surface area contributed by atoms with E-state index in [9.17, 15) is 112 Å². The van der Waals surface area contributed by atoms with E-state index in [1.54, 1.807) is 0 Å². The Morgan fingerprint density at radius 1 is 0.259 bits per heavy atom. The minimum atomic E-state index is -2.25. The first-order valence-corrected chi connectivity index (χ1v) is 25.8. The van der Waals surface area contributed by atoms with Gasteiger partial charge in [0.15, 0.2) is 44.0 Å². The summed E-state index contributed by atoms with van der Waals surface area (Å²) in [5.41, 5.74) is 0. The highest BCUT2D eigenvalue weighted by molar-refractivity contribution is 5.69. The maximum atomic E-state index is 11.6. The van der Waals surface area contributed by atoms with Gasteiger partial charge in [0.2, 0.25) is 0 Å². The summed E-state index contributed by atoms with van der Waals surface area (Å²) in [5.74, 6) is -1.39. The van der Waals surface area contributed by atoms with Crippen molar-refractivity contribution < 1.29 is 178 Å². The van der Waals surface area contributed by atoms with Gasteiger partial charge in [0.1, 0.15) is 171 Å². The first-order chi connectivity index (χ1) is 38.5. The molecular weight excluding hydrogens is 1120 g/mol. The average molecular weight is 1190 g/mol. The van der Waals surface area contributed by atoms with Crippen molar-refractivity contribution in [3.8, 4) is 0 Å². The van der Waals surface area contributed by atoms with Gasteiger partial charge in [0.05, 0.1) is 46.2 Å². The second-order valence-electron chi connectivity index (χ2n) is 20.5. The predicted molar refractivity (Wildman–Crippen MR) is 242 cm³/mol. The van der Waals surface area contributed by atoms with Gasteiger partial charge < -0.3 is 179 Å². The number of hydrogen-bond donors (Lipinski definition) is 22. The quantitative estimate of drug-likeness (QED) is 0.0966. The van der Waals surface area contributed by atoms with Gasteiger partial charge in [-0.25, -0.2) is 0 Å². The van der Waals surface area contributed by atoms with Gasteiger partial charge in [-0.1, -0.05) is 0 Å². The summed E-state index contributed by atoms with van der Waals surface area (Å²) in [4.78, 5) is 11.5. The third kappa shape index (κ3) is 13.3. The topological polar surface area (TPSA) is 583 Å². The van der Waals surface area contributed by atoms with Gasteiger partial charge >= 0.3 is 5.97 Å². The van der Waals surface area contributed by atoms with Crippen LogP contribution in [0.3, 0.4) is 0 Å². The fourth-order valence-corrected chi connectivity index (χ4v) is 10.8. The van der Waals surface area contributed by atoms with Crippen LogP contribution in [-0.4, -0.2) is 381 Å². The Bertz CT molecular complexity index is 1960. The number of carbonyl (C=O) groups is 1. The van der Waals surface area contributed by atoms with Crippen LogP contribution in [0.1, 0.15) is 0 Å². The second kappa shape index (κ2) is 27.8. The molecule has 35 atom stereocenters. The van der Waals surface area contributed by atoms with Gasteiger partial charge in [-0.05, 0) is 0 Å². The first-order valence-electron chi connectivity index (χ1n) is 25.8. The van der Waals surface area contributed by atoms with Gasteiger partial charge in [-0.3, -0.25) is 4.79 Å². The van der Waals surface area contributed by atoms with Crippen molar-refractivity contribution in [2.24, 2.45) is 0 Å². The van der Waals surface area contributed by atoms with Gasteiger partial charge in [0, 0.05) is 6.54 Å². The number of rotatable bonds is 10. The Labute approximate surface area is 456 Å². The maximum absolute atomic E-state index is 11.6. The molecule has 21 aliphatic rings. The fraction of sp³-hybridized carbons (Fsp3) is 0.977. The Kier molecular flexibility index (Phi) is 22.4. The molecular formula is C44H73NO36. The van der Waals surface area contributed by atoms with Crippen molar-refractivity contribution in [1.82, 2.24) is 5.32 Å². The molecule has 21 fully saturated rings. The third-order valence-corrected chi connectivity index (χ3v) is 15.2. The Hall–Kier alpha value is -1.93. The van der Waals surface area contributed by atoms with Crippen molar-refractivity contribution in [3.63, 3.8) is 0 Å². The van der Waals surface area contributed by atoms with E-state index in [4.69, 9.17) is 66.3 Å². The summed E-state index contributed by atoms with van der Waals surface area (Å²) < 4.78 is 80.1. The number of aliphatic carboxylic acids is 1. The molecule has 14 bridgehead atoms. The molecule has 21 saturated heterocycles. The van der Waals surface area contributed by atoms with E-state index in [2.05, 4.69) is 5.32 Å². The summed E-state index contributed by atoms with van der Waals surface area (Å²) in [6.07, 6.45) is -71.0. The van der Waals surface area contributed by atoms with Crippen LogP contribution in [0.2, 0.25) is 0 Å². The molecule has 81 heavy (non-hydrogen) atoms. The smallest absolute Gasteiger partial charge is 0.317 e. The molecule has 0 aromatic carbocycles. The van der Waals surface area contributed by atoms with E-state index >= 15 is 0 Å². The summed E-state index contributed by atoms with van der Waals surface area (Å²) in [5, 5.41) is 233. The minimum absolute atomic E-state index is 0.582. The fourth-order valence-electron chi connectivity index (χ4n) is 10.8. The maximum Gasteiger partial charge on any atom is 0.317 e. The summed E-state index contributed by atoms with van der Waals surface area (Å²) in [6.45, 7) is -7.72. The summed E-state index contributed by atoms with van der Waals surface area (Å²) in [7, 11) is 0. The van der Waals surface area contributed by atoms with Crippen molar-refractivity contribution in [2.75, 3.05) is 52.7 Å². The van der Waals surface area contributed by atoms with Crippen LogP contribution in [0.4, 0.5) is 0 Å². The Morgan fingerprint density at radius 2 is 0.420 bits per heavy atom. The van der Waals surface area contributed by atoms with Gasteiger partial charge in [-0.15, -0.1) is 0 Å². The minimum Gasteiger partial charge on any atom is -0.480 e. The summed E-state index contributed by atoms with van der Waals surface area (Å²) in [6, 6.07) is 0. The molecule has 37 nitrogen and oxygen atoms in total. The standard InChI is InChI=1S/C44H73NO36/c46-3-10-32-19(56)26(63)40(70-10)78-34-12(5-48)72-42(28(65)21(34)58)80-36-14(7-50)74-44(30(67)23(36)60)81-37-15(8-51)73-43(29(66)22(37)59)79-35-13(6-49)71-41(27(64)20(35)57)77-33-11(4-47)69-39(25(62)18(33)55)75-31-9(1-45-2-16(52)53)68-38(76-32)24(61)17(31)54/h9-15,17-51,54-67H,1-8H2,(H,52,53)/t9-,10-,11-,12-,13-,14-,15-,17-,18-,19-,20-,21-,22-,23-,24-,25-,26-,27-,28-,29-,30-,31-,32-,33-,34-,35-,36-,37-,38-,39-,40-,41-,42-,43-,44-/m1/s1. The zero-order chi connectivity index (χ0) is 59.0. The van der Waals surface area contributed by atoms with E-state index in [0.29, 0.717) is 0 Å². The van der Waals surface area contributed by atoms with Crippen molar-refractivity contribution >= 4 is 5.97 Å². The van der Waals surface area contributed by atoms with E-state index in [1.165, 1.54) is 0 Å². The molecule has 37 heteroatoms. The lowest BCUT2D eigenvalue weighted by atomic mass is 9.95.